The maximum atomic E-state index is 13.0. The van der Waals surface area contributed by atoms with Crippen molar-refractivity contribution in [3.8, 4) is 5.75 Å². The first-order valence-corrected chi connectivity index (χ1v) is 10.2. The van der Waals surface area contributed by atoms with Crippen LogP contribution in [0.4, 0.5) is 0 Å². The van der Waals surface area contributed by atoms with E-state index in [-0.39, 0.29) is 17.9 Å². The average Bonchev–Trinajstić information content (AvgIpc) is 3.20. The molecular weight excluding hydrogens is 366 g/mol. The molecule has 1 atom stereocenters. The smallest absolute Gasteiger partial charge is 0.254 e. The van der Waals surface area contributed by atoms with Crippen LogP contribution in [0.5, 0.6) is 5.75 Å². The van der Waals surface area contributed by atoms with E-state index in [4.69, 9.17) is 4.74 Å². The SMILES string of the molecule is CCC1(CO)CCCN(C(=O)c2cccc(OCc3cn4ccccc4n3)c2)C1. The molecule has 1 amide bonds. The monoisotopic (exact) mass is 393 g/mol. The lowest BCUT2D eigenvalue weighted by Crippen LogP contribution is -2.47. The van der Waals surface area contributed by atoms with Crippen LogP contribution in [0.1, 0.15) is 42.2 Å². The number of hydrogen-bond donors (Lipinski definition) is 1. The summed E-state index contributed by atoms with van der Waals surface area (Å²) in [5, 5.41) is 9.82. The maximum absolute atomic E-state index is 13.0. The second-order valence-electron chi connectivity index (χ2n) is 7.86. The first-order valence-electron chi connectivity index (χ1n) is 10.2. The number of pyridine rings is 1. The largest absolute Gasteiger partial charge is 0.487 e. The number of rotatable bonds is 6. The van der Waals surface area contributed by atoms with Crippen LogP contribution in [0, 0.1) is 5.41 Å². The number of aliphatic hydroxyl groups is 1. The van der Waals surface area contributed by atoms with Gasteiger partial charge in [-0.2, -0.15) is 0 Å². The molecule has 152 valence electrons. The van der Waals surface area contributed by atoms with Gasteiger partial charge in [0, 0.05) is 36.5 Å². The van der Waals surface area contributed by atoms with Gasteiger partial charge < -0.3 is 19.1 Å². The molecule has 0 aliphatic carbocycles. The van der Waals surface area contributed by atoms with Crippen molar-refractivity contribution >= 4 is 11.6 Å². The lowest BCUT2D eigenvalue weighted by Gasteiger charge is -2.41. The van der Waals surface area contributed by atoms with Gasteiger partial charge in [0.2, 0.25) is 0 Å². The van der Waals surface area contributed by atoms with Gasteiger partial charge in [-0.1, -0.05) is 19.1 Å². The Hall–Kier alpha value is -2.86. The van der Waals surface area contributed by atoms with Gasteiger partial charge in [0.1, 0.15) is 18.0 Å². The lowest BCUT2D eigenvalue weighted by atomic mass is 9.78. The predicted molar refractivity (Wildman–Crippen MR) is 111 cm³/mol. The first-order chi connectivity index (χ1) is 14.1. The summed E-state index contributed by atoms with van der Waals surface area (Å²) in [6.45, 7) is 3.87. The molecule has 1 aliphatic rings. The van der Waals surface area contributed by atoms with E-state index < -0.39 is 0 Å². The molecule has 6 nitrogen and oxygen atoms in total. The molecule has 6 heteroatoms. The summed E-state index contributed by atoms with van der Waals surface area (Å²) < 4.78 is 7.85. The minimum atomic E-state index is -0.175. The van der Waals surface area contributed by atoms with E-state index in [1.54, 1.807) is 6.07 Å². The van der Waals surface area contributed by atoms with Crippen LogP contribution in [0.25, 0.3) is 5.65 Å². The number of imidazole rings is 1. The van der Waals surface area contributed by atoms with Crippen LogP contribution in [-0.4, -0.2) is 45.0 Å². The molecule has 4 rings (SSSR count). The van der Waals surface area contributed by atoms with Crippen LogP contribution < -0.4 is 4.74 Å². The molecule has 1 saturated heterocycles. The number of hydrogen-bond acceptors (Lipinski definition) is 4. The number of carbonyl (C=O) groups is 1. The van der Waals surface area contributed by atoms with E-state index in [2.05, 4.69) is 11.9 Å². The summed E-state index contributed by atoms with van der Waals surface area (Å²) in [4.78, 5) is 19.4. The fourth-order valence-electron chi connectivity index (χ4n) is 4.03. The number of likely N-dealkylation sites (tertiary alicyclic amines) is 1. The lowest BCUT2D eigenvalue weighted by molar-refractivity contribution is 0.0251. The van der Waals surface area contributed by atoms with Crippen LogP contribution in [0.2, 0.25) is 0 Å². The second kappa shape index (κ2) is 8.25. The number of carbonyl (C=O) groups excluding carboxylic acids is 1. The molecule has 3 aromatic rings. The van der Waals surface area contributed by atoms with Gasteiger partial charge in [-0.05, 0) is 49.6 Å². The molecule has 1 aromatic carbocycles. The zero-order valence-corrected chi connectivity index (χ0v) is 16.8. The molecule has 1 N–H and O–H groups in total. The summed E-state index contributed by atoms with van der Waals surface area (Å²) in [6.07, 6.45) is 6.65. The third kappa shape index (κ3) is 4.12. The Kier molecular flexibility index (Phi) is 5.53. The first kappa shape index (κ1) is 19.5. The van der Waals surface area contributed by atoms with Crippen molar-refractivity contribution in [1.29, 1.82) is 0 Å². The Morgan fingerprint density at radius 3 is 2.97 bits per heavy atom. The number of aromatic nitrogens is 2. The molecule has 0 spiro atoms. The Balaban J connectivity index is 1.44. The van der Waals surface area contributed by atoms with E-state index in [1.165, 1.54) is 0 Å². The standard InChI is InChI=1S/C23H27N3O3/c1-2-23(17-27)10-6-12-26(16-23)22(28)18-7-5-8-20(13-18)29-15-19-14-25-11-4-3-9-21(25)24-19/h3-5,7-9,11,13-14,27H,2,6,10,12,15-17H2,1H3. The highest BCUT2D eigenvalue weighted by atomic mass is 16.5. The maximum Gasteiger partial charge on any atom is 0.254 e. The molecule has 0 saturated carbocycles. The quantitative estimate of drug-likeness (QED) is 0.696. The highest BCUT2D eigenvalue weighted by molar-refractivity contribution is 5.94. The number of benzene rings is 1. The van der Waals surface area contributed by atoms with Crippen LogP contribution in [0.15, 0.2) is 54.9 Å². The number of nitrogens with zero attached hydrogens (tertiary/aromatic N) is 3. The molecule has 0 radical (unpaired) electrons. The fourth-order valence-corrected chi connectivity index (χ4v) is 4.03. The van der Waals surface area contributed by atoms with Crippen molar-refractivity contribution in [3.63, 3.8) is 0 Å². The number of aliphatic hydroxyl groups excluding tert-OH is 1. The van der Waals surface area contributed by atoms with Gasteiger partial charge >= 0.3 is 0 Å². The zero-order chi connectivity index (χ0) is 20.3. The number of piperidine rings is 1. The summed E-state index contributed by atoms with van der Waals surface area (Å²) in [7, 11) is 0. The second-order valence-corrected chi connectivity index (χ2v) is 7.86. The molecule has 1 fully saturated rings. The van der Waals surface area contributed by atoms with E-state index >= 15 is 0 Å². The summed E-state index contributed by atoms with van der Waals surface area (Å²) in [5.74, 6) is 0.642. The average molecular weight is 393 g/mol. The fraction of sp³-hybridized carbons (Fsp3) is 0.391. The van der Waals surface area contributed by atoms with Gasteiger partial charge in [0.25, 0.3) is 5.91 Å². The Morgan fingerprint density at radius 1 is 1.28 bits per heavy atom. The third-order valence-electron chi connectivity index (χ3n) is 5.92. The van der Waals surface area contributed by atoms with E-state index in [0.29, 0.717) is 24.5 Å². The molecule has 0 bridgehead atoms. The zero-order valence-electron chi connectivity index (χ0n) is 16.8. The molecule has 2 aromatic heterocycles. The number of amides is 1. The third-order valence-corrected chi connectivity index (χ3v) is 5.92. The molecule has 1 unspecified atom stereocenters. The molecule has 1 aliphatic heterocycles. The van der Waals surface area contributed by atoms with Crippen LogP contribution in [0.3, 0.4) is 0 Å². The van der Waals surface area contributed by atoms with E-state index in [1.807, 2.05) is 58.1 Å². The number of ether oxygens (including phenoxy) is 1. The summed E-state index contributed by atoms with van der Waals surface area (Å²) in [6, 6.07) is 13.2. The predicted octanol–water partition coefficient (Wildman–Crippen LogP) is 3.54. The van der Waals surface area contributed by atoms with Crippen molar-refractivity contribution in [2.24, 2.45) is 5.41 Å². The minimum Gasteiger partial charge on any atom is -0.487 e. The van der Waals surface area contributed by atoms with Gasteiger partial charge in [0.05, 0.1) is 12.3 Å². The van der Waals surface area contributed by atoms with Crippen molar-refractivity contribution in [1.82, 2.24) is 14.3 Å². The van der Waals surface area contributed by atoms with Crippen molar-refractivity contribution in [2.75, 3.05) is 19.7 Å². The minimum absolute atomic E-state index is 0.00541. The van der Waals surface area contributed by atoms with Gasteiger partial charge in [0.15, 0.2) is 0 Å². The highest BCUT2D eigenvalue weighted by Gasteiger charge is 2.35. The van der Waals surface area contributed by atoms with E-state index in [9.17, 15) is 9.90 Å². The molecule has 29 heavy (non-hydrogen) atoms. The Morgan fingerprint density at radius 2 is 2.17 bits per heavy atom. The topological polar surface area (TPSA) is 67.1 Å². The van der Waals surface area contributed by atoms with Crippen LogP contribution in [-0.2, 0) is 6.61 Å². The van der Waals surface area contributed by atoms with Gasteiger partial charge in [-0.15, -0.1) is 0 Å². The molecular formula is C23H27N3O3. The van der Waals surface area contributed by atoms with Crippen molar-refractivity contribution < 1.29 is 14.6 Å². The highest BCUT2D eigenvalue weighted by Crippen LogP contribution is 2.33. The normalized spacial score (nSPS) is 19.4. The van der Waals surface area contributed by atoms with E-state index in [0.717, 1.165) is 37.1 Å². The summed E-state index contributed by atoms with van der Waals surface area (Å²) >= 11 is 0. The van der Waals surface area contributed by atoms with Gasteiger partial charge in [-0.25, -0.2) is 4.98 Å². The van der Waals surface area contributed by atoms with Crippen molar-refractivity contribution in [2.45, 2.75) is 32.8 Å². The summed E-state index contributed by atoms with van der Waals surface area (Å²) in [5.41, 5.74) is 2.15. The van der Waals surface area contributed by atoms with Crippen molar-refractivity contribution in [3.05, 3.63) is 66.1 Å². The van der Waals surface area contributed by atoms with Gasteiger partial charge in [-0.3, -0.25) is 4.79 Å². The Bertz CT molecular complexity index is 961. The van der Waals surface area contributed by atoms with Crippen LogP contribution >= 0.6 is 0 Å². The number of fused-ring (bicyclic) bond motifs is 1. The Labute approximate surface area is 170 Å². The molecule has 3 heterocycles.